The maximum atomic E-state index is 14.5. The maximum Gasteiger partial charge on any atom is 0.267 e. The molecule has 0 saturated carbocycles. The van der Waals surface area contributed by atoms with Gasteiger partial charge in [-0.1, -0.05) is 12.1 Å². The van der Waals surface area contributed by atoms with Crippen LogP contribution in [0, 0.1) is 5.82 Å². The van der Waals surface area contributed by atoms with Crippen LogP contribution in [0.4, 0.5) is 21.5 Å². The van der Waals surface area contributed by atoms with E-state index in [4.69, 9.17) is 9.47 Å². The molecular formula is C22H24FN3O4. The Bertz CT molecular complexity index is 946. The van der Waals surface area contributed by atoms with Gasteiger partial charge in [0.1, 0.15) is 11.6 Å². The fourth-order valence-corrected chi connectivity index (χ4v) is 3.67. The first-order valence-corrected chi connectivity index (χ1v) is 10.0. The molecule has 0 aliphatic carbocycles. The van der Waals surface area contributed by atoms with E-state index < -0.39 is 6.10 Å². The molecule has 0 aromatic heterocycles. The minimum atomic E-state index is -0.607. The number of carbonyl (C=O) groups excluding carboxylic acids is 2. The minimum absolute atomic E-state index is 0.0830. The van der Waals surface area contributed by atoms with E-state index in [1.165, 1.54) is 6.07 Å². The molecule has 7 nitrogen and oxygen atoms in total. The Morgan fingerprint density at radius 2 is 1.93 bits per heavy atom. The second kappa shape index (κ2) is 8.71. The summed E-state index contributed by atoms with van der Waals surface area (Å²) in [7, 11) is 0. The van der Waals surface area contributed by atoms with Gasteiger partial charge in [-0.3, -0.25) is 9.59 Å². The molecule has 1 fully saturated rings. The number of benzene rings is 2. The predicted molar refractivity (Wildman–Crippen MR) is 112 cm³/mol. The quantitative estimate of drug-likeness (QED) is 0.816. The van der Waals surface area contributed by atoms with Crippen molar-refractivity contribution < 1.29 is 23.5 Å². The fourth-order valence-electron chi connectivity index (χ4n) is 3.67. The standard InChI is InChI=1S/C22H24FN3O4/c1-15-22(28)26(19-4-2-3-5-20(19)30-15)9-8-21(27)24-16-6-7-18(17(23)14-16)25-10-12-29-13-11-25/h2-7,14-15H,8-13H2,1H3,(H,24,27). The average Bonchev–Trinajstić information content (AvgIpc) is 2.75. The number of ether oxygens (including phenoxy) is 2. The summed E-state index contributed by atoms with van der Waals surface area (Å²) in [5, 5.41) is 2.71. The number of carbonyl (C=O) groups is 2. The number of rotatable bonds is 5. The smallest absolute Gasteiger partial charge is 0.267 e. The number of hydrogen-bond donors (Lipinski definition) is 1. The van der Waals surface area contributed by atoms with E-state index in [0.717, 1.165) is 0 Å². The summed E-state index contributed by atoms with van der Waals surface area (Å²) < 4.78 is 25.4. The summed E-state index contributed by atoms with van der Waals surface area (Å²) >= 11 is 0. The molecule has 1 N–H and O–H groups in total. The van der Waals surface area contributed by atoms with Crippen LogP contribution in [0.5, 0.6) is 5.75 Å². The van der Waals surface area contributed by atoms with Crippen LogP contribution in [0.25, 0.3) is 0 Å². The first kappa shape index (κ1) is 20.2. The molecule has 158 valence electrons. The van der Waals surface area contributed by atoms with Crippen molar-refractivity contribution in [3.63, 3.8) is 0 Å². The lowest BCUT2D eigenvalue weighted by Gasteiger charge is -2.32. The van der Waals surface area contributed by atoms with E-state index in [2.05, 4.69) is 5.32 Å². The molecule has 8 heteroatoms. The van der Waals surface area contributed by atoms with Gasteiger partial charge in [-0.15, -0.1) is 0 Å². The Labute approximate surface area is 174 Å². The third kappa shape index (κ3) is 4.23. The highest BCUT2D eigenvalue weighted by Crippen LogP contribution is 2.33. The molecule has 0 spiro atoms. The highest BCUT2D eigenvalue weighted by molar-refractivity contribution is 6.00. The lowest BCUT2D eigenvalue weighted by Crippen LogP contribution is -2.45. The van der Waals surface area contributed by atoms with Crippen LogP contribution in [0.3, 0.4) is 0 Å². The van der Waals surface area contributed by atoms with Gasteiger partial charge in [0.25, 0.3) is 5.91 Å². The first-order valence-electron chi connectivity index (χ1n) is 10.0. The van der Waals surface area contributed by atoms with Crippen molar-refractivity contribution in [2.45, 2.75) is 19.4 Å². The number of hydrogen-bond acceptors (Lipinski definition) is 5. The SMILES string of the molecule is CC1Oc2ccccc2N(CCC(=O)Nc2ccc(N3CCOCC3)c(F)c2)C1=O. The first-order chi connectivity index (χ1) is 14.5. The summed E-state index contributed by atoms with van der Waals surface area (Å²) in [6.45, 7) is 4.31. The van der Waals surface area contributed by atoms with Gasteiger partial charge in [-0.2, -0.15) is 0 Å². The number of morpholine rings is 1. The van der Waals surface area contributed by atoms with Crippen molar-refractivity contribution in [2.75, 3.05) is 48.0 Å². The monoisotopic (exact) mass is 413 g/mol. The van der Waals surface area contributed by atoms with Crippen LogP contribution in [0.15, 0.2) is 42.5 Å². The van der Waals surface area contributed by atoms with Gasteiger partial charge >= 0.3 is 0 Å². The van der Waals surface area contributed by atoms with Crippen molar-refractivity contribution in [3.8, 4) is 5.75 Å². The largest absolute Gasteiger partial charge is 0.479 e. The normalized spacial score (nSPS) is 18.6. The molecule has 2 heterocycles. The Morgan fingerprint density at radius 3 is 2.70 bits per heavy atom. The van der Waals surface area contributed by atoms with Crippen LogP contribution >= 0.6 is 0 Å². The molecule has 2 aliphatic heterocycles. The van der Waals surface area contributed by atoms with Crippen LogP contribution in [-0.4, -0.2) is 50.8 Å². The number of anilines is 3. The van der Waals surface area contributed by atoms with E-state index >= 15 is 0 Å². The van der Waals surface area contributed by atoms with Gasteiger partial charge in [-0.05, 0) is 37.3 Å². The molecule has 2 aromatic carbocycles. The topological polar surface area (TPSA) is 71.1 Å². The number of halogens is 1. The van der Waals surface area contributed by atoms with E-state index in [1.807, 2.05) is 17.0 Å². The van der Waals surface area contributed by atoms with E-state index in [1.54, 1.807) is 36.1 Å². The number of nitrogens with zero attached hydrogens (tertiary/aromatic N) is 2. The summed E-state index contributed by atoms with van der Waals surface area (Å²) in [5.41, 5.74) is 1.53. The second-order valence-corrected chi connectivity index (χ2v) is 7.28. The van der Waals surface area contributed by atoms with E-state index in [9.17, 15) is 14.0 Å². The zero-order valence-corrected chi connectivity index (χ0v) is 16.8. The number of amides is 2. The van der Waals surface area contributed by atoms with Gasteiger partial charge in [0.05, 0.1) is 24.6 Å². The Morgan fingerprint density at radius 1 is 1.17 bits per heavy atom. The van der Waals surface area contributed by atoms with Gasteiger partial charge in [0, 0.05) is 31.7 Å². The molecule has 1 unspecified atom stereocenters. The van der Waals surface area contributed by atoms with Gasteiger partial charge in [0.2, 0.25) is 5.91 Å². The molecule has 4 rings (SSSR count). The molecule has 1 saturated heterocycles. The summed E-state index contributed by atoms with van der Waals surface area (Å²) in [4.78, 5) is 28.4. The van der Waals surface area contributed by atoms with Crippen LogP contribution in [0.2, 0.25) is 0 Å². The molecule has 0 radical (unpaired) electrons. The van der Waals surface area contributed by atoms with Crippen molar-refractivity contribution in [2.24, 2.45) is 0 Å². The third-order valence-electron chi connectivity index (χ3n) is 5.22. The molecule has 2 aromatic rings. The molecule has 2 aliphatic rings. The third-order valence-corrected chi connectivity index (χ3v) is 5.22. The molecular weight excluding hydrogens is 389 g/mol. The van der Waals surface area contributed by atoms with E-state index in [-0.39, 0.29) is 30.6 Å². The second-order valence-electron chi connectivity index (χ2n) is 7.28. The fraction of sp³-hybridized carbons (Fsp3) is 0.364. The van der Waals surface area contributed by atoms with Crippen molar-refractivity contribution in [1.29, 1.82) is 0 Å². The zero-order chi connectivity index (χ0) is 21.1. The summed E-state index contributed by atoms with van der Waals surface area (Å²) in [5.74, 6) is -0.257. The highest BCUT2D eigenvalue weighted by atomic mass is 19.1. The lowest BCUT2D eigenvalue weighted by atomic mass is 10.1. The Hall–Kier alpha value is -3.13. The Balaban J connectivity index is 1.38. The van der Waals surface area contributed by atoms with Gasteiger partial charge in [-0.25, -0.2) is 4.39 Å². The predicted octanol–water partition coefficient (Wildman–Crippen LogP) is 2.81. The van der Waals surface area contributed by atoms with Crippen molar-refractivity contribution >= 4 is 28.9 Å². The average molecular weight is 413 g/mol. The maximum absolute atomic E-state index is 14.5. The number of fused-ring (bicyclic) bond motifs is 1. The van der Waals surface area contributed by atoms with Crippen molar-refractivity contribution in [3.05, 3.63) is 48.3 Å². The minimum Gasteiger partial charge on any atom is -0.479 e. The number of para-hydroxylation sites is 2. The molecule has 2 amide bonds. The van der Waals surface area contributed by atoms with Gasteiger partial charge in [0.15, 0.2) is 6.10 Å². The van der Waals surface area contributed by atoms with Crippen LogP contribution < -0.4 is 19.9 Å². The molecule has 1 atom stereocenters. The lowest BCUT2D eigenvalue weighted by molar-refractivity contribution is -0.125. The van der Waals surface area contributed by atoms with E-state index in [0.29, 0.717) is 49.1 Å². The van der Waals surface area contributed by atoms with Crippen LogP contribution in [0.1, 0.15) is 13.3 Å². The van der Waals surface area contributed by atoms with Crippen molar-refractivity contribution in [1.82, 2.24) is 0 Å². The molecule has 30 heavy (non-hydrogen) atoms. The summed E-state index contributed by atoms with van der Waals surface area (Å²) in [6, 6.07) is 11.9. The number of nitrogens with one attached hydrogen (secondary N) is 1. The van der Waals surface area contributed by atoms with Gasteiger partial charge < -0.3 is 24.6 Å². The zero-order valence-electron chi connectivity index (χ0n) is 16.8. The molecule has 0 bridgehead atoms. The summed E-state index contributed by atoms with van der Waals surface area (Å²) in [6.07, 6.45) is -0.524. The van der Waals surface area contributed by atoms with Crippen LogP contribution in [-0.2, 0) is 14.3 Å². The Kier molecular flexibility index (Phi) is 5.85. The highest BCUT2D eigenvalue weighted by Gasteiger charge is 2.31.